The predicted molar refractivity (Wildman–Crippen MR) is 115 cm³/mol. The maximum Gasteiger partial charge on any atom is 0.262 e. The lowest BCUT2D eigenvalue weighted by Gasteiger charge is -2.28. The van der Waals surface area contributed by atoms with E-state index in [-0.39, 0.29) is 29.8 Å². The first-order valence-electron chi connectivity index (χ1n) is 9.77. The van der Waals surface area contributed by atoms with Crippen LogP contribution in [0.5, 0.6) is 5.75 Å². The number of amides is 1. The molecule has 1 heterocycles. The van der Waals surface area contributed by atoms with E-state index in [0.29, 0.717) is 24.4 Å². The van der Waals surface area contributed by atoms with Gasteiger partial charge in [0.25, 0.3) is 5.91 Å². The van der Waals surface area contributed by atoms with E-state index in [9.17, 15) is 17.6 Å². The Kier molecular flexibility index (Phi) is 6.01. The summed E-state index contributed by atoms with van der Waals surface area (Å²) < 4.78 is 45.6. The van der Waals surface area contributed by atoms with E-state index in [2.05, 4.69) is 5.32 Å². The van der Waals surface area contributed by atoms with Gasteiger partial charge >= 0.3 is 0 Å². The maximum atomic E-state index is 12.9. The van der Waals surface area contributed by atoms with Crippen LogP contribution in [0.3, 0.4) is 0 Å². The molecule has 3 aromatic rings. The number of hydrogen-bond acceptors (Lipinski definition) is 4. The van der Waals surface area contributed by atoms with E-state index < -0.39 is 10.0 Å². The molecule has 1 aliphatic rings. The second-order valence-electron chi connectivity index (χ2n) is 7.18. The Morgan fingerprint density at radius 1 is 1.00 bits per heavy atom. The first-order chi connectivity index (χ1) is 14.9. The number of nitrogens with zero attached hydrogens (tertiary/aromatic N) is 1. The van der Waals surface area contributed by atoms with Gasteiger partial charge in [0, 0.05) is 18.8 Å². The number of nitrogens with one attached hydrogen (secondary N) is 1. The van der Waals surface area contributed by atoms with Crippen molar-refractivity contribution in [2.45, 2.75) is 17.9 Å². The Bertz CT molecular complexity index is 1180. The topological polar surface area (TPSA) is 75.7 Å². The molecule has 0 spiro atoms. The third-order valence-corrected chi connectivity index (χ3v) is 6.89. The SMILES string of the molecule is O=C(COc1ccc(F)cc1)Nc1ccc2c(c1)CN(S(=O)(=O)c1ccccc1)CC2. The van der Waals surface area contributed by atoms with Crippen molar-refractivity contribution in [1.82, 2.24) is 4.31 Å². The number of benzene rings is 3. The van der Waals surface area contributed by atoms with Gasteiger partial charge in [0.2, 0.25) is 10.0 Å². The summed E-state index contributed by atoms with van der Waals surface area (Å²) in [6, 6.07) is 19.2. The smallest absolute Gasteiger partial charge is 0.262 e. The molecule has 0 aliphatic carbocycles. The molecular weight excluding hydrogens is 419 g/mol. The van der Waals surface area contributed by atoms with Crippen molar-refractivity contribution in [3.63, 3.8) is 0 Å². The molecule has 160 valence electrons. The molecular formula is C23H21FN2O4S. The largest absolute Gasteiger partial charge is 0.484 e. The highest BCUT2D eigenvalue weighted by molar-refractivity contribution is 7.89. The van der Waals surface area contributed by atoms with Gasteiger partial charge in [-0.25, -0.2) is 12.8 Å². The quantitative estimate of drug-likeness (QED) is 0.636. The number of fused-ring (bicyclic) bond motifs is 1. The van der Waals surface area contributed by atoms with Gasteiger partial charge in [0.15, 0.2) is 6.61 Å². The van der Waals surface area contributed by atoms with E-state index in [1.807, 2.05) is 6.07 Å². The highest BCUT2D eigenvalue weighted by Crippen LogP contribution is 2.27. The van der Waals surface area contributed by atoms with Crippen molar-refractivity contribution in [3.05, 3.63) is 89.7 Å². The third kappa shape index (κ3) is 4.92. The zero-order valence-corrected chi connectivity index (χ0v) is 17.4. The van der Waals surface area contributed by atoms with Crippen molar-refractivity contribution in [3.8, 4) is 5.75 Å². The number of carbonyl (C=O) groups excluding carboxylic acids is 1. The van der Waals surface area contributed by atoms with Crippen LogP contribution in [0.25, 0.3) is 0 Å². The van der Waals surface area contributed by atoms with Crippen LogP contribution in [0.15, 0.2) is 77.7 Å². The summed E-state index contributed by atoms with van der Waals surface area (Å²) in [7, 11) is -3.58. The summed E-state index contributed by atoms with van der Waals surface area (Å²) in [5, 5.41) is 2.75. The Labute approximate surface area is 180 Å². The molecule has 0 radical (unpaired) electrons. The zero-order chi connectivity index (χ0) is 21.8. The van der Waals surface area contributed by atoms with Gasteiger partial charge in [-0.1, -0.05) is 24.3 Å². The number of anilines is 1. The number of rotatable bonds is 6. The summed E-state index contributed by atoms with van der Waals surface area (Å²) in [4.78, 5) is 12.5. The predicted octanol–water partition coefficient (Wildman–Crippen LogP) is 3.59. The summed E-state index contributed by atoms with van der Waals surface area (Å²) in [6.07, 6.45) is 0.600. The van der Waals surface area contributed by atoms with E-state index in [4.69, 9.17) is 4.74 Å². The molecule has 8 heteroatoms. The number of carbonyl (C=O) groups is 1. The van der Waals surface area contributed by atoms with Gasteiger partial charge in [-0.05, 0) is 66.1 Å². The van der Waals surface area contributed by atoms with Gasteiger partial charge in [0.1, 0.15) is 11.6 Å². The highest BCUT2D eigenvalue weighted by atomic mass is 32.2. The lowest BCUT2D eigenvalue weighted by Crippen LogP contribution is -2.36. The Hall–Kier alpha value is -3.23. The molecule has 0 aromatic heterocycles. The van der Waals surface area contributed by atoms with Crippen LogP contribution < -0.4 is 10.1 Å². The van der Waals surface area contributed by atoms with Crippen LogP contribution in [0.4, 0.5) is 10.1 Å². The van der Waals surface area contributed by atoms with Crippen LogP contribution in [-0.4, -0.2) is 31.8 Å². The molecule has 0 atom stereocenters. The van der Waals surface area contributed by atoms with E-state index in [1.165, 1.54) is 28.6 Å². The van der Waals surface area contributed by atoms with Gasteiger partial charge < -0.3 is 10.1 Å². The molecule has 0 unspecified atom stereocenters. The van der Waals surface area contributed by atoms with Crippen LogP contribution in [0.1, 0.15) is 11.1 Å². The van der Waals surface area contributed by atoms with Crippen LogP contribution >= 0.6 is 0 Å². The summed E-state index contributed by atoms with van der Waals surface area (Å²) in [6.45, 7) is 0.418. The number of sulfonamides is 1. The van der Waals surface area contributed by atoms with Crippen LogP contribution in [-0.2, 0) is 27.8 Å². The first kappa shape index (κ1) is 21.0. The fraction of sp³-hybridized carbons (Fsp3) is 0.174. The molecule has 3 aromatic carbocycles. The Morgan fingerprint density at radius 2 is 1.74 bits per heavy atom. The van der Waals surface area contributed by atoms with Gasteiger partial charge in [-0.15, -0.1) is 0 Å². The van der Waals surface area contributed by atoms with Crippen molar-refractivity contribution < 1.29 is 22.3 Å². The lowest BCUT2D eigenvalue weighted by molar-refractivity contribution is -0.118. The summed E-state index contributed by atoms with van der Waals surface area (Å²) >= 11 is 0. The van der Waals surface area contributed by atoms with E-state index in [1.54, 1.807) is 42.5 Å². The first-order valence-corrected chi connectivity index (χ1v) is 11.2. The standard InChI is InChI=1S/C23H21FN2O4S/c24-19-7-10-21(11-8-19)30-16-23(27)25-20-9-6-17-12-13-26(15-18(17)14-20)31(28,29)22-4-2-1-3-5-22/h1-11,14H,12-13,15-16H2,(H,25,27). The van der Waals surface area contributed by atoms with Gasteiger partial charge in [0.05, 0.1) is 4.90 Å². The molecule has 1 amide bonds. The average molecular weight is 440 g/mol. The minimum Gasteiger partial charge on any atom is -0.484 e. The lowest BCUT2D eigenvalue weighted by atomic mass is 10.0. The normalized spacial score (nSPS) is 14.0. The number of halogens is 1. The van der Waals surface area contributed by atoms with Crippen LogP contribution in [0, 0.1) is 5.82 Å². The van der Waals surface area contributed by atoms with Crippen LogP contribution in [0.2, 0.25) is 0 Å². The molecule has 31 heavy (non-hydrogen) atoms. The summed E-state index contributed by atoms with van der Waals surface area (Å²) in [5.74, 6) is -0.355. The maximum absolute atomic E-state index is 12.9. The molecule has 6 nitrogen and oxygen atoms in total. The third-order valence-electron chi connectivity index (χ3n) is 5.03. The molecule has 1 N–H and O–H groups in total. The van der Waals surface area contributed by atoms with Crippen molar-refractivity contribution >= 4 is 21.6 Å². The minimum absolute atomic E-state index is 0.225. The minimum atomic E-state index is -3.58. The molecule has 0 saturated heterocycles. The second kappa shape index (κ2) is 8.87. The van der Waals surface area contributed by atoms with Crippen molar-refractivity contribution in [1.29, 1.82) is 0 Å². The van der Waals surface area contributed by atoms with Crippen molar-refractivity contribution in [2.24, 2.45) is 0 Å². The Morgan fingerprint density at radius 3 is 2.48 bits per heavy atom. The van der Waals surface area contributed by atoms with E-state index in [0.717, 1.165) is 11.1 Å². The van der Waals surface area contributed by atoms with E-state index >= 15 is 0 Å². The van der Waals surface area contributed by atoms with Gasteiger partial charge in [-0.2, -0.15) is 4.31 Å². The monoisotopic (exact) mass is 440 g/mol. The number of hydrogen-bond donors (Lipinski definition) is 1. The van der Waals surface area contributed by atoms with Crippen molar-refractivity contribution in [2.75, 3.05) is 18.5 Å². The summed E-state index contributed by atoms with van der Waals surface area (Å²) in [5.41, 5.74) is 2.47. The Balaban J connectivity index is 1.42. The average Bonchev–Trinajstić information content (AvgIpc) is 2.79. The molecule has 0 saturated carbocycles. The van der Waals surface area contributed by atoms with Gasteiger partial charge in [-0.3, -0.25) is 4.79 Å². The molecule has 0 bridgehead atoms. The fourth-order valence-corrected chi connectivity index (χ4v) is 4.87. The highest BCUT2D eigenvalue weighted by Gasteiger charge is 2.28. The molecule has 4 rings (SSSR count). The zero-order valence-electron chi connectivity index (χ0n) is 16.6. The molecule has 0 fully saturated rings. The fourth-order valence-electron chi connectivity index (χ4n) is 3.43. The second-order valence-corrected chi connectivity index (χ2v) is 9.11. The molecule has 1 aliphatic heterocycles. The number of ether oxygens (including phenoxy) is 1.